The fourth-order valence-corrected chi connectivity index (χ4v) is 5.79. The number of anilines is 1. The molecule has 0 atom stereocenters. The maximum absolute atomic E-state index is 13.0. The van der Waals surface area contributed by atoms with Gasteiger partial charge in [0.25, 0.3) is 5.91 Å². The average molecular weight is 659 g/mol. The van der Waals surface area contributed by atoms with Crippen molar-refractivity contribution >= 4 is 80.4 Å². The van der Waals surface area contributed by atoms with E-state index in [1.165, 1.54) is 23.6 Å². The van der Waals surface area contributed by atoms with E-state index >= 15 is 0 Å². The number of hydrogen-bond acceptors (Lipinski definition) is 7. The average Bonchev–Trinajstić information content (AvgIpc) is 3.37. The van der Waals surface area contributed by atoms with Gasteiger partial charge in [0.2, 0.25) is 5.91 Å². The Morgan fingerprint density at radius 2 is 1.67 bits per heavy atom. The number of nitrogens with zero attached hydrogens (tertiary/aromatic N) is 1. The van der Waals surface area contributed by atoms with E-state index in [1.54, 1.807) is 73.7 Å². The third kappa shape index (κ3) is 8.16. The predicted octanol–water partition coefficient (Wildman–Crippen LogP) is 8.24. The van der Waals surface area contributed by atoms with Gasteiger partial charge in [-0.05, 0) is 78.7 Å². The van der Waals surface area contributed by atoms with Gasteiger partial charge < -0.3 is 14.8 Å². The summed E-state index contributed by atoms with van der Waals surface area (Å²) in [6.07, 6.45) is 4.59. The van der Waals surface area contributed by atoms with Crippen molar-refractivity contribution in [3.8, 4) is 11.5 Å². The summed E-state index contributed by atoms with van der Waals surface area (Å²) in [5.74, 6) is -0.830. The topological polar surface area (TPSA) is 106 Å². The van der Waals surface area contributed by atoms with E-state index in [0.29, 0.717) is 44.6 Å². The van der Waals surface area contributed by atoms with Crippen LogP contribution in [0.2, 0.25) is 10.0 Å². The lowest BCUT2D eigenvalue weighted by Crippen LogP contribution is -2.17. The maximum Gasteiger partial charge on any atom is 0.355 e. The van der Waals surface area contributed by atoms with Gasteiger partial charge in [0.15, 0.2) is 11.5 Å². The van der Waals surface area contributed by atoms with Gasteiger partial charge in [0.05, 0.1) is 17.8 Å². The molecule has 226 valence electrons. The molecule has 0 unspecified atom stereocenters. The van der Waals surface area contributed by atoms with Crippen LogP contribution in [0.25, 0.3) is 16.2 Å². The van der Waals surface area contributed by atoms with Gasteiger partial charge >= 0.3 is 5.97 Å². The number of hydrogen-bond donors (Lipinski definition) is 2. The highest BCUT2D eigenvalue weighted by atomic mass is 35.5. The van der Waals surface area contributed by atoms with Crippen molar-refractivity contribution in [1.82, 2.24) is 5.43 Å². The van der Waals surface area contributed by atoms with Crippen LogP contribution in [0, 0.1) is 0 Å². The van der Waals surface area contributed by atoms with Crippen LogP contribution in [0.3, 0.4) is 0 Å². The van der Waals surface area contributed by atoms with Crippen molar-refractivity contribution in [2.24, 2.45) is 5.10 Å². The summed E-state index contributed by atoms with van der Waals surface area (Å²) in [5, 5.41) is 8.34. The molecule has 0 radical (unpaired) electrons. The number of thiophene rings is 1. The van der Waals surface area contributed by atoms with Gasteiger partial charge in [-0.25, -0.2) is 10.2 Å². The smallest absolute Gasteiger partial charge is 0.355 e. The molecule has 1 heterocycles. The summed E-state index contributed by atoms with van der Waals surface area (Å²) >= 11 is 13.7. The van der Waals surface area contributed by atoms with Crippen LogP contribution in [-0.4, -0.2) is 30.6 Å². The molecule has 1 aromatic heterocycles. The molecule has 0 aliphatic heterocycles. The van der Waals surface area contributed by atoms with Crippen LogP contribution >= 0.6 is 34.5 Å². The minimum absolute atomic E-state index is 0.206. The second-order valence-electron chi connectivity index (χ2n) is 9.42. The fraction of sp³-hybridized carbons (Fsp3) is 0.0588. The summed E-state index contributed by atoms with van der Waals surface area (Å²) in [6.45, 7) is 2.13. The Labute approximate surface area is 272 Å². The monoisotopic (exact) mass is 657 g/mol. The van der Waals surface area contributed by atoms with E-state index in [1.807, 2.05) is 30.3 Å². The number of amides is 2. The third-order valence-corrected chi connectivity index (χ3v) is 8.14. The predicted molar refractivity (Wildman–Crippen MR) is 180 cm³/mol. The number of halogens is 2. The van der Waals surface area contributed by atoms with Gasteiger partial charge in [-0.3, -0.25) is 9.59 Å². The molecular weight excluding hydrogens is 633 g/mol. The number of esters is 1. The van der Waals surface area contributed by atoms with E-state index in [9.17, 15) is 14.4 Å². The highest BCUT2D eigenvalue weighted by Crippen LogP contribution is 2.38. The standard InChI is InChI=1S/C34H25Cl2N3O5S/c1-2-43-28-18-22(8-16-27(28)44-34(42)32-31(36)26-15-12-24(35)19-29(26)45-32)20-37-39-33(41)23-10-13-25(14-11-23)38-30(40)17-9-21-6-4-3-5-7-21/h3-20H,2H2,1H3,(H,38,40)(H,39,41)/b17-9+,37-20-. The van der Waals surface area contributed by atoms with E-state index in [2.05, 4.69) is 15.8 Å². The van der Waals surface area contributed by atoms with Crippen LogP contribution in [0.1, 0.15) is 38.1 Å². The molecule has 2 N–H and O–H groups in total. The number of nitrogens with one attached hydrogen (secondary N) is 2. The molecule has 8 nitrogen and oxygen atoms in total. The lowest BCUT2D eigenvalue weighted by molar-refractivity contribution is -0.111. The molecule has 5 rings (SSSR count). The Bertz CT molecular complexity index is 1920. The number of carbonyl (C=O) groups is 3. The van der Waals surface area contributed by atoms with E-state index in [4.69, 9.17) is 32.7 Å². The second-order valence-corrected chi connectivity index (χ2v) is 11.3. The van der Waals surface area contributed by atoms with Crippen LogP contribution in [-0.2, 0) is 4.79 Å². The molecule has 4 aromatic carbocycles. The van der Waals surface area contributed by atoms with Gasteiger partial charge in [-0.1, -0.05) is 59.6 Å². The van der Waals surface area contributed by atoms with Gasteiger partial charge in [0.1, 0.15) is 4.88 Å². The SMILES string of the molecule is CCOc1cc(/C=N\NC(=O)c2ccc(NC(=O)/C=C/c3ccccc3)cc2)ccc1OC(=O)c1sc2cc(Cl)ccc2c1Cl. The molecule has 0 fully saturated rings. The number of ether oxygens (including phenoxy) is 2. The fourth-order valence-electron chi connectivity index (χ4n) is 4.13. The zero-order chi connectivity index (χ0) is 31.8. The van der Waals surface area contributed by atoms with E-state index < -0.39 is 11.9 Å². The first-order chi connectivity index (χ1) is 21.8. The van der Waals surface area contributed by atoms with Crippen LogP contribution in [0.5, 0.6) is 11.5 Å². The molecule has 5 aromatic rings. The Balaban J connectivity index is 1.19. The Morgan fingerprint density at radius 3 is 2.42 bits per heavy atom. The molecule has 2 amide bonds. The number of hydrazone groups is 1. The number of carbonyl (C=O) groups excluding carboxylic acids is 3. The molecule has 0 aliphatic rings. The zero-order valence-corrected chi connectivity index (χ0v) is 26.1. The molecule has 0 spiro atoms. The molecule has 0 saturated carbocycles. The Hall–Kier alpha value is -4.96. The first-order valence-electron chi connectivity index (χ1n) is 13.6. The van der Waals surface area contributed by atoms with Crippen molar-refractivity contribution in [2.45, 2.75) is 6.92 Å². The Morgan fingerprint density at radius 1 is 0.889 bits per heavy atom. The summed E-state index contributed by atoms with van der Waals surface area (Å²) < 4.78 is 12.1. The summed E-state index contributed by atoms with van der Waals surface area (Å²) in [5.41, 5.74) is 4.87. The lowest BCUT2D eigenvalue weighted by Gasteiger charge is -2.11. The Kier molecular flexibility index (Phi) is 10.3. The minimum atomic E-state index is -0.624. The normalized spacial score (nSPS) is 11.2. The third-order valence-electron chi connectivity index (χ3n) is 6.27. The van der Waals surface area contributed by atoms with Gasteiger partial charge in [-0.15, -0.1) is 11.3 Å². The summed E-state index contributed by atoms with van der Waals surface area (Å²) in [4.78, 5) is 38.0. The summed E-state index contributed by atoms with van der Waals surface area (Å²) in [6, 6.07) is 26.0. The zero-order valence-electron chi connectivity index (χ0n) is 23.8. The first kappa shape index (κ1) is 31.5. The van der Waals surface area contributed by atoms with Crippen molar-refractivity contribution in [1.29, 1.82) is 0 Å². The van der Waals surface area contributed by atoms with E-state index in [0.717, 1.165) is 10.3 Å². The molecule has 0 aliphatic carbocycles. The largest absolute Gasteiger partial charge is 0.490 e. The number of benzene rings is 4. The minimum Gasteiger partial charge on any atom is -0.490 e. The van der Waals surface area contributed by atoms with E-state index in [-0.39, 0.29) is 16.5 Å². The van der Waals surface area contributed by atoms with Crippen molar-refractivity contribution in [3.63, 3.8) is 0 Å². The van der Waals surface area contributed by atoms with Crippen LogP contribution in [0.15, 0.2) is 102 Å². The highest BCUT2D eigenvalue weighted by Gasteiger charge is 2.21. The van der Waals surface area contributed by atoms with Crippen molar-refractivity contribution < 1.29 is 23.9 Å². The molecule has 0 bridgehead atoms. The van der Waals surface area contributed by atoms with Gasteiger partial charge in [-0.2, -0.15) is 5.10 Å². The highest BCUT2D eigenvalue weighted by molar-refractivity contribution is 7.21. The van der Waals surface area contributed by atoms with Crippen molar-refractivity contribution in [3.05, 3.63) is 129 Å². The summed E-state index contributed by atoms with van der Waals surface area (Å²) in [7, 11) is 0. The second kappa shape index (κ2) is 14.7. The quantitative estimate of drug-likeness (QED) is 0.0517. The number of rotatable bonds is 10. The lowest BCUT2D eigenvalue weighted by atomic mass is 10.2. The molecule has 45 heavy (non-hydrogen) atoms. The van der Waals surface area contributed by atoms with Crippen molar-refractivity contribution in [2.75, 3.05) is 11.9 Å². The maximum atomic E-state index is 13.0. The molecule has 11 heteroatoms. The molecule has 0 saturated heterocycles. The van der Waals surface area contributed by atoms with Crippen LogP contribution < -0.4 is 20.2 Å². The van der Waals surface area contributed by atoms with Crippen LogP contribution in [0.4, 0.5) is 5.69 Å². The van der Waals surface area contributed by atoms with Gasteiger partial charge in [0, 0.05) is 32.4 Å². The number of fused-ring (bicyclic) bond motifs is 1. The first-order valence-corrected chi connectivity index (χ1v) is 15.2. The molecular formula is C34H25Cl2N3O5S.